The molecule has 0 bridgehead atoms. The number of anilines is 3. The SMILES string of the molecule is CCOC(=O)Nc1cc(Nc2ncnc3cc(OC)c(OC)cc23)ccc1Cl.Cl. The quantitative estimate of drug-likeness (QED) is 0.556. The normalized spacial score (nSPS) is 10.1. The van der Waals surface area contributed by atoms with Crippen LogP contribution in [0, 0.1) is 0 Å². The van der Waals surface area contributed by atoms with Gasteiger partial charge in [-0.25, -0.2) is 14.8 Å². The van der Waals surface area contributed by atoms with Crippen molar-refractivity contribution < 1.29 is 19.0 Å². The summed E-state index contributed by atoms with van der Waals surface area (Å²) in [5.74, 6) is 1.70. The molecule has 0 saturated carbocycles. The first-order chi connectivity index (χ1) is 13.5. The predicted octanol–water partition coefficient (Wildman–Crippen LogP) is 5.03. The average Bonchev–Trinajstić information content (AvgIpc) is 2.70. The van der Waals surface area contributed by atoms with E-state index in [1.807, 2.05) is 0 Å². The smallest absolute Gasteiger partial charge is 0.411 e. The summed E-state index contributed by atoms with van der Waals surface area (Å²) in [5.41, 5.74) is 1.78. The Morgan fingerprint density at radius 2 is 1.83 bits per heavy atom. The van der Waals surface area contributed by atoms with Crippen molar-refractivity contribution in [1.29, 1.82) is 0 Å². The number of amides is 1. The zero-order valence-corrected chi connectivity index (χ0v) is 17.6. The number of benzene rings is 2. The molecule has 0 saturated heterocycles. The lowest BCUT2D eigenvalue weighted by molar-refractivity contribution is 0.168. The summed E-state index contributed by atoms with van der Waals surface area (Å²) >= 11 is 6.16. The van der Waals surface area contributed by atoms with Gasteiger partial charge < -0.3 is 19.5 Å². The predicted molar refractivity (Wildman–Crippen MR) is 115 cm³/mol. The Morgan fingerprint density at radius 3 is 2.52 bits per heavy atom. The number of fused-ring (bicyclic) bond motifs is 1. The van der Waals surface area contributed by atoms with Crippen molar-refractivity contribution in [3.8, 4) is 11.5 Å². The van der Waals surface area contributed by atoms with Gasteiger partial charge in [-0.2, -0.15) is 0 Å². The molecule has 154 valence electrons. The van der Waals surface area contributed by atoms with Crippen molar-refractivity contribution in [3.63, 3.8) is 0 Å². The molecule has 0 aliphatic carbocycles. The molecule has 0 aliphatic heterocycles. The molecular weight excluding hydrogens is 419 g/mol. The average molecular weight is 439 g/mol. The second-order valence-electron chi connectivity index (χ2n) is 5.61. The maximum absolute atomic E-state index is 11.7. The Labute approximate surface area is 178 Å². The van der Waals surface area contributed by atoms with Crippen molar-refractivity contribution >= 4 is 58.2 Å². The summed E-state index contributed by atoms with van der Waals surface area (Å²) in [6, 6.07) is 8.70. The van der Waals surface area contributed by atoms with E-state index < -0.39 is 6.09 Å². The fraction of sp³-hybridized carbons (Fsp3) is 0.211. The number of halogens is 2. The fourth-order valence-electron chi connectivity index (χ4n) is 2.60. The summed E-state index contributed by atoms with van der Waals surface area (Å²) in [4.78, 5) is 20.3. The van der Waals surface area contributed by atoms with Gasteiger partial charge in [0.25, 0.3) is 0 Å². The second kappa shape index (κ2) is 9.99. The van der Waals surface area contributed by atoms with Crippen LogP contribution in [-0.2, 0) is 4.74 Å². The van der Waals surface area contributed by atoms with E-state index in [-0.39, 0.29) is 19.0 Å². The molecular formula is C19H20Cl2N4O4. The van der Waals surface area contributed by atoms with Gasteiger partial charge in [-0.1, -0.05) is 11.6 Å². The summed E-state index contributed by atoms with van der Waals surface area (Å²) in [5, 5.41) is 6.95. The van der Waals surface area contributed by atoms with Crippen molar-refractivity contribution in [2.75, 3.05) is 31.5 Å². The van der Waals surface area contributed by atoms with Crippen LogP contribution >= 0.6 is 24.0 Å². The molecule has 1 aromatic heterocycles. The molecule has 8 nitrogen and oxygen atoms in total. The molecule has 2 aromatic carbocycles. The van der Waals surface area contributed by atoms with Crippen LogP contribution in [0.5, 0.6) is 11.5 Å². The lowest BCUT2D eigenvalue weighted by Crippen LogP contribution is -2.13. The first-order valence-corrected chi connectivity index (χ1v) is 8.80. The lowest BCUT2D eigenvalue weighted by atomic mass is 10.2. The van der Waals surface area contributed by atoms with E-state index in [4.69, 9.17) is 25.8 Å². The molecule has 3 rings (SSSR count). The lowest BCUT2D eigenvalue weighted by Gasteiger charge is -2.13. The van der Waals surface area contributed by atoms with Gasteiger partial charge in [-0.15, -0.1) is 12.4 Å². The zero-order chi connectivity index (χ0) is 20.1. The Bertz CT molecular complexity index is 1020. The molecule has 0 unspecified atom stereocenters. The third-order valence-electron chi connectivity index (χ3n) is 3.88. The summed E-state index contributed by atoms with van der Waals surface area (Å²) in [7, 11) is 3.13. The van der Waals surface area contributed by atoms with Gasteiger partial charge in [-0.05, 0) is 31.2 Å². The molecule has 3 aromatic rings. The van der Waals surface area contributed by atoms with Crippen LogP contribution in [0.2, 0.25) is 5.02 Å². The van der Waals surface area contributed by atoms with E-state index in [2.05, 4.69) is 20.6 Å². The topological polar surface area (TPSA) is 94.6 Å². The molecule has 2 N–H and O–H groups in total. The molecule has 0 fully saturated rings. The van der Waals surface area contributed by atoms with Crippen LogP contribution in [0.1, 0.15) is 6.92 Å². The Morgan fingerprint density at radius 1 is 1.10 bits per heavy atom. The molecule has 1 heterocycles. The van der Waals surface area contributed by atoms with Crippen molar-refractivity contribution in [2.24, 2.45) is 0 Å². The van der Waals surface area contributed by atoms with Crippen molar-refractivity contribution in [2.45, 2.75) is 6.92 Å². The highest BCUT2D eigenvalue weighted by Gasteiger charge is 2.12. The van der Waals surface area contributed by atoms with Gasteiger partial charge in [0.05, 0.1) is 37.1 Å². The maximum atomic E-state index is 11.7. The van der Waals surface area contributed by atoms with E-state index in [1.54, 1.807) is 51.5 Å². The number of carbonyl (C=O) groups excluding carboxylic acids is 1. The minimum atomic E-state index is -0.578. The number of aromatic nitrogens is 2. The second-order valence-corrected chi connectivity index (χ2v) is 6.02. The first kappa shape index (κ1) is 22.3. The summed E-state index contributed by atoms with van der Waals surface area (Å²) in [6.45, 7) is 1.99. The minimum Gasteiger partial charge on any atom is -0.493 e. The number of rotatable bonds is 6. The Balaban J connectivity index is 0.00000300. The molecule has 0 aliphatic rings. The zero-order valence-electron chi connectivity index (χ0n) is 16.0. The number of hydrogen-bond acceptors (Lipinski definition) is 7. The largest absolute Gasteiger partial charge is 0.493 e. The maximum Gasteiger partial charge on any atom is 0.411 e. The van der Waals surface area contributed by atoms with Gasteiger partial charge in [0.1, 0.15) is 12.1 Å². The van der Waals surface area contributed by atoms with Gasteiger partial charge in [0.2, 0.25) is 0 Å². The molecule has 10 heteroatoms. The van der Waals surface area contributed by atoms with E-state index in [1.165, 1.54) is 6.33 Å². The molecule has 29 heavy (non-hydrogen) atoms. The van der Waals surface area contributed by atoms with E-state index >= 15 is 0 Å². The molecule has 0 radical (unpaired) electrons. The summed E-state index contributed by atoms with van der Waals surface area (Å²) in [6.07, 6.45) is 0.871. The molecule has 0 atom stereocenters. The number of hydrogen-bond donors (Lipinski definition) is 2. The highest BCUT2D eigenvalue weighted by atomic mass is 35.5. The minimum absolute atomic E-state index is 0. The van der Waals surface area contributed by atoms with Crippen LogP contribution < -0.4 is 20.1 Å². The molecule has 1 amide bonds. The van der Waals surface area contributed by atoms with Crippen LogP contribution in [0.3, 0.4) is 0 Å². The van der Waals surface area contributed by atoms with Crippen molar-refractivity contribution in [3.05, 3.63) is 41.7 Å². The summed E-state index contributed by atoms with van der Waals surface area (Å²) < 4.78 is 15.6. The van der Waals surface area contributed by atoms with E-state index in [0.717, 1.165) is 5.39 Å². The van der Waals surface area contributed by atoms with Crippen LogP contribution in [-0.4, -0.2) is 36.9 Å². The standard InChI is InChI=1S/C19H19ClN4O4.ClH/c1-4-28-19(25)24-15-7-11(5-6-13(15)20)23-18-12-8-16(26-2)17(27-3)9-14(12)21-10-22-18;/h5-10H,4H2,1-3H3,(H,24,25)(H,21,22,23);1H. The van der Waals surface area contributed by atoms with Crippen LogP contribution in [0.15, 0.2) is 36.7 Å². The van der Waals surface area contributed by atoms with E-state index in [0.29, 0.717) is 39.2 Å². The number of nitrogens with one attached hydrogen (secondary N) is 2. The first-order valence-electron chi connectivity index (χ1n) is 8.42. The third kappa shape index (κ3) is 5.10. The van der Waals surface area contributed by atoms with Gasteiger partial charge in [0.15, 0.2) is 11.5 Å². The molecule has 0 spiro atoms. The monoisotopic (exact) mass is 438 g/mol. The van der Waals surface area contributed by atoms with Crippen LogP contribution in [0.4, 0.5) is 22.0 Å². The van der Waals surface area contributed by atoms with Gasteiger partial charge >= 0.3 is 6.09 Å². The number of carbonyl (C=O) groups is 1. The number of ether oxygens (including phenoxy) is 3. The van der Waals surface area contributed by atoms with E-state index in [9.17, 15) is 4.79 Å². The number of nitrogens with zero attached hydrogens (tertiary/aromatic N) is 2. The number of methoxy groups -OCH3 is 2. The Kier molecular flexibility index (Phi) is 7.69. The third-order valence-corrected chi connectivity index (χ3v) is 4.21. The fourth-order valence-corrected chi connectivity index (χ4v) is 2.76. The van der Waals surface area contributed by atoms with Crippen LogP contribution in [0.25, 0.3) is 10.9 Å². The van der Waals surface area contributed by atoms with Gasteiger partial charge in [-0.3, -0.25) is 5.32 Å². The highest BCUT2D eigenvalue weighted by molar-refractivity contribution is 6.33. The van der Waals surface area contributed by atoms with Crippen molar-refractivity contribution in [1.82, 2.24) is 9.97 Å². The Hall–Kier alpha value is -2.97. The highest BCUT2D eigenvalue weighted by Crippen LogP contribution is 2.35. The van der Waals surface area contributed by atoms with Gasteiger partial charge in [0, 0.05) is 17.1 Å².